The number of likely N-dealkylation sites (tertiary alicyclic amines) is 1. The van der Waals surface area contributed by atoms with Gasteiger partial charge in [0.15, 0.2) is 0 Å². The second-order valence-electron chi connectivity index (χ2n) is 20.5. The van der Waals surface area contributed by atoms with Crippen LogP contribution in [0.1, 0.15) is 145 Å². The SMILES string of the molecule is CCN1CCN(C2CCN(C(=O)[C@]34CC[C@@H](C5(C)CC5)[C@@H]3[C@H]3CC[C@@H]5[C@]6(C)CCCC(C)(C)[C@H]6CC[C@@]5(C)[C@]3(C)CC4)CC2)CC1. The Morgan fingerprint density at radius 2 is 1.35 bits per heavy atom. The lowest BCUT2D eigenvalue weighted by atomic mass is 9.32. The van der Waals surface area contributed by atoms with Gasteiger partial charge in [0, 0.05) is 45.3 Å². The summed E-state index contributed by atoms with van der Waals surface area (Å²) in [5.41, 5.74) is 2.22. The van der Waals surface area contributed by atoms with Gasteiger partial charge in [0.1, 0.15) is 0 Å². The molecule has 4 nitrogen and oxygen atoms in total. The van der Waals surface area contributed by atoms with Gasteiger partial charge in [-0.15, -0.1) is 0 Å². The quantitative estimate of drug-likeness (QED) is 0.309. The molecule has 1 amide bonds. The van der Waals surface area contributed by atoms with Crippen molar-refractivity contribution in [2.24, 2.45) is 62.1 Å². The van der Waals surface area contributed by atoms with Gasteiger partial charge >= 0.3 is 0 Å². The van der Waals surface area contributed by atoms with Crippen molar-refractivity contribution in [1.29, 1.82) is 0 Å². The molecule has 4 heteroatoms. The fourth-order valence-electron chi connectivity index (χ4n) is 15.6. The van der Waals surface area contributed by atoms with Crippen LogP contribution in [0.2, 0.25) is 0 Å². The number of carbonyl (C=O) groups is 1. The molecule has 8 aliphatic rings. The maximum atomic E-state index is 15.2. The molecule has 6 saturated carbocycles. The number of nitrogens with zero attached hydrogens (tertiary/aromatic N) is 3. The topological polar surface area (TPSA) is 26.8 Å². The Morgan fingerprint density at radius 1 is 0.630 bits per heavy atom. The minimum Gasteiger partial charge on any atom is -0.342 e. The van der Waals surface area contributed by atoms with E-state index in [4.69, 9.17) is 0 Å². The van der Waals surface area contributed by atoms with E-state index in [0.29, 0.717) is 44.9 Å². The Labute approximate surface area is 283 Å². The molecule has 0 unspecified atom stereocenters. The number of likely N-dealkylation sites (N-methyl/N-ethyl adjacent to an activating group) is 1. The van der Waals surface area contributed by atoms with Crippen molar-refractivity contribution in [3.63, 3.8) is 0 Å². The number of rotatable bonds is 4. The van der Waals surface area contributed by atoms with Gasteiger partial charge in [0.2, 0.25) is 5.91 Å². The van der Waals surface area contributed by atoms with Crippen LogP contribution < -0.4 is 0 Å². The summed E-state index contributed by atoms with van der Waals surface area (Å²) in [7, 11) is 0. The Bertz CT molecular complexity index is 1180. The van der Waals surface area contributed by atoms with Gasteiger partial charge in [-0.05, 0) is 153 Å². The van der Waals surface area contributed by atoms with Crippen molar-refractivity contribution in [2.75, 3.05) is 45.8 Å². The Balaban J connectivity index is 1.06. The number of fused-ring (bicyclic) bond motifs is 7. The summed E-state index contributed by atoms with van der Waals surface area (Å²) >= 11 is 0. The summed E-state index contributed by atoms with van der Waals surface area (Å²) in [4.78, 5) is 23.0. The van der Waals surface area contributed by atoms with Crippen LogP contribution in [0.4, 0.5) is 0 Å². The van der Waals surface area contributed by atoms with Crippen LogP contribution in [0.25, 0.3) is 0 Å². The predicted octanol–water partition coefficient (Wildman–Crippen LogP) is 8.89. The first-order chi connectivity index (χ1) is 21.8. The molecule has 0 aromatic heterocycles. The fourth-order valence-corrected chi connectivity index (χ4v) is 15.6. The summed E-state index contributed by atoms with van der Waals surface area (Å²) in [6.45, 7) is 26.6. The zero-order chi connectivity index (χ0) is 32.3. The van der Waals surface area contributed by atoms with E-state index in [2.05, 4.69) is 63.2 Å². The first kappa shape index (κ1) is 32.6. The molecule has 8 rings (SSSR count). The monoisotopic (exact) mass is 634 g/mol. The highest BCUT2D eigenvalue weighted by atomic mass is 16.2. The molecular weight excluding hydrogens is 562 g/mol. The van der Waals surface area contributed by atoms with E-state index in [1.54, 1.807) is 0 Å². The molecule has 0 N–H and O–H groups in total. The van der Waals surface area contributed by atoms with Gasteiger partial charge < -0.3 is 9.80 Å². The van der Waals surface area contributed by atoms with Gasteiger partial charge in [-0.1, -0.05) is 54.9 Å². The molecule has 260 valence electrons. The Hall–Kier alpha value is -0.610. The van der Waals surface area contributed by atoms with Crippen molar-refractivity contribution in [1.82, 2.24) is 14.7 Å². The minimum absolute atomic E-state index is 0.0723. The van der Waals surface area contributed by atoms with E-state index in [1.807, 2.05) is 0 Å². The molecule has 0 aromatic carbocycles. The lowest BCUT2D eigenvalue weighted by molar-refractivity contribution is -0.239. The molecule has 46 heavy (non-hydrogen) atoms. The molecule has 0 spiro atoms. The molecule has 8 fully saturated rings. The second-order valence-corrected chi connectivity index (χ2v) is 20.5. The van der Waals surface area contributed by atoms with E-state index in [1.165, 1.54) is 129 Å². The highest BCUT2D eigenvalue weighted by Crippen LogP contribution is 2.79. The Morgan fingerprint density at radius 3 is 2.02 bits per heavy atom. The van der Waals surface area contributed by atoms with Crippen molar-refractivity contribution >= 4 is 5.91 Å². The fraction of sp³-hybridized carbons (Fsp3) is 0.976. The highest BCUT2D eigenvalue weighted by Gasteiger charge is 2.73. The number of carbonyl (C=O) groups excluding carboxylic acids is 1. The molecule has 0 aromatic rings. The maximum Gasteiger partial charge on any atom is 0.229 e. The van der Waals surface area contributed by atoms with Crippen LogP contribution in [0.15, 0.2) is 0 Å². The Kier molecular flexibility index (Phi) is 7.75. The third-order valence-corrected chi connectivity index (χ3v) is 18.7. The van der Waals surface area contributed by atoms with Crippen molar-refractivity contribution in [3.05, 3.63) is 0 Å². The summed E-state index contributed by atoms with van der Waals surface area (Å²) in [6.07, 6.45) is 20.2. The van der Waals surface area contributed by atoms with Crippen LogP contribution in [-0.4, -0.2) is 72.5 Å². The second kappa shape index (κ2) is 10.9. The number of piperidine rings is 1. The van der Waals surface area contributed by atoms with Crippen molar-refractivity contribution in [2.45, 2.75) is 151 Å². The van der Waals surface area contributed by atoms with Crippen molar-refractivity contribution < 1.29 is 4.79 Å². The first-order valence-electron chi connectivity index (χ1n) is 20.6. The lowest BCUT2D eigenvalue weighted by Gasteiger charge is -2.72. The molecule has 6 aliphatic carbocycles. The molecule has 9 atom stereocenters. The van der Waals surface area contributed by atoms with E-state index < -0.39 is 0 Å². The normalized spacial score (nSPS) is 49.0. The number of amides is 1. The van der Waals surface area contributed by atoms with E-state index >= 15 is 4.79 Å². The standard InChI is InChI=1S/C42H71N3O/c1-8-43-26-28-44(29-27-43)30-14-24-45(25-15-30)36(46)42-19-12-31(38(4)20-21-38)35(42)32-10-11-34-39(5)17-9-16-37(2,3)33(39)13-18-41(34,7)40(32,6)22-23-42/h30-35H,8-29H2,1-7H3/t31-,32-,33-,34-,35-,39-,40-,41-,42+/m1/s1. The summed E-state index contributed by atoms with van der Waals surface area (Å²) in [6, 6.07) is 0.684. The molecule has 2 heterocycles. The smallest absolute Gasteiger partial charge is 0.229 e. The highest BCUT2D eigenvalue weighted by molar-refractivity contribution is 5.84. The number of hydrogen-bond donors (Lipinski definition) is 0. The van der Waals surface area contributed by atoms with Crippen LogP contribution in [0.5, 0.6) is 0 Å². The van der Waals surface area contributed by atoms with Crippen LogP contribution in [0.3, 0.4) is 0 Å². The van der Waals surface area contributed by atoms with Gasteiger partial charge in [0.25, 0.3) is 0 Å². The summed E-state index contributed by atoms with van der Waals surface area (Å²) in [5.74, 6) is 4.50. The molecule has 0 bridgehead atoms. The maximum absolute atomic E-state index is 15.2. The van der Waals surface area contributed by atoms with E-state index in [9.17, 15) is 0 Å². The first-order valence-corrected chi connectivity index (χ1v) is 20.6. The number of hydrogen-bond acceptors (Lipinski definition) is 3. The predicted molar refractivity (Wildman–Crippen MR) is 189 cm³/mol. The summed E-state index contributed by atoms with van der Waals surface area (Å²) < 4.78 is 0. The van der Waals surface area contributed by atoms with Gasteiger partial charge in [-0.2, -0.15) is 0 Å². The largest absolute Gasteiger partial charge is 0.342 e. The van der Waals surface area contributed by atoms with E-state index in [0.717, 1.165) is 36.8 Å². The van der Waals surface area contributed by atoms with Gasteiger partial charge in [-0.3, -0.25) is 9.69 Å². The van der Waals surface area contributed by atoms with Crippen molar-refractivity contribution in [3.8, 4) is 0 Å². The molecule has 2 aliphatic heterocycles. The molecular formula is C42H71N3O. The zero-order valence-electron chi connectivity index (χ0n) is 31.3. The average molecular weight is 634 g/mol. The minimum atomic E-state index is -0.0723. The molecule has 0 radical (unpaired) electrons. The van der Waals surface area contributed by atoms with Gasteiger partial charge in [0.05, 0.1) is 5.41 Å². The third kappa shape index (κ3) is 4.52. The molecule has 2 saturated heterocycles. The number of piperazine rings is 1. The van der Waals surface area contributed by atoms with E-state index in [-0.39, 0.29) is 5.41 Å². The van der Waals surface area contributed by atoms with Crippen LogP contribution in [-0.2, 0) is 4.79 Å². The van der Waals surface area contributed by atoms with Crippen LogP contribution >= 0.6 is 0 Å². The van der Waals surface area contributed by atoms with Crippen LogP contribution in [0, 0.1) is 62.1 Å². The average Bonchev–Trinajstić information content (AvgIpc) is 3.65. The van der Waals surface area contributed by atoms with Gasteiger partial charge in [-0.25, -0.2) is 0 Å². The third-order valence-electron chi connectivity index (χ3n) is 18.7. The summed E-state index contributed by atoms with van der Waals surface area (Å²) in [5, 5.41) is 0. The zero-order valence-corrected chi connectivity index (χ0v) is 31.3. The lowest BCUT2D eigenvalue weighted by Crippen LogP contribution is -2.67.